The number of rotatable bonds is 9. The van der Waals surface area contributed by atoms with Crippen LogP contribution < -0.4 is 26.8 Å². The number of carboxylic acid groups (broad SMARTS) is 1. The predicted octanol–water partition coefficient (Wildman–Crippen LogP) is 0.691. The lowest BCUT2D eigenvalue weighted by atomic mass is 10.1. The van der Waals surface area contributed by atoms with Crippen molar-refractivity contribution in [1.29, 1.82) is 0 Å². The van der Waals surface area contributed by atoms with Crippen LogP contribution in [0.25, 0.3) is 0 Å². The summed E-state index contributed by atoms with van der Waals surface area (Å²) in [6.07, 6.45) is -0.126. The average Bonchev–Trinajstić information content (AvgIpc) is 2.72. The molecule has 8 N–H and O–H groups in total. The molecule has 0 aliphatic rings. The van der Waals surface area contributed by atoms with Crippen molar-refractivity contribution < 1.29 is 29.3 Å². The first-order valence-electron chi connectivity index (χ1n) is 9.09. The minimum absolute atomic E-state index is 0.0145. The number of hydrogen-bond donors (Lipinski definition) is 6. The monoisotopic (exact) mass is 429 g/mol. The number of carboxylic acids is 1. The number of aryl methyl sites for hydroxylation is 1. The summed E-state index contributed by atoms with van der Waals surface area (Å²) in [5.74, 6) is -2.46. The number of phenolic OH excluding ortho intramolecular Hbond substituents is 1. The van der Waals surface area contributed by atoms with Crippen LogP contribution >= 0.6 is 0 Å². The summed E-state index contributed by atoms with van der Waals surface area (Å²) in [5, 5.41) is 24.2. The summed E-state index contributed by atoms with van der Waals surface area (Å²) in [6, 6.07) is 9.18. The third-order valence-electron chi connectivity index (χ3n) is 4.09. The highest BCUT2D eigenvalue weighted by atomic mass is 16.5. The van der Waals surface area contributed by atoms with Crippen LogP contribution in [0.15, 0.2) is 41.4 Å². The molecule has 2 aromatic carbocycles. The van der Waals surface area contributed by atoms with E-state index in [0.717, 1.165) is 0 Å². The van der Waals surface area contributed by atoms with Crippen molar-refractivity contribution in [2.24, 2.45) is 16.5 Å². The van der Waals surface area contributed by atoms with Crippen LogP contribution in [0.5, 0.6) is 11.5 Å². The van der Waals surface area contributed by atoms with Gasteiger partial charge in [0.05, 0.1) is 19.3 Å². The number of carbonyl (C=O) groups excluding carboxylic acids is 2. The van der Waals surface area contributed by atoms with E-state index in [0.29, 0.717) is 11.3 Å². The van der Waals surface area contributed by atoms with Crippen molar-refractivity contribution >= 4 is 35.1 Å². The summed E-state index contributed by atoms with van der Waals surface area (Å²) < 4.78 is 5.14. The molecule has 0 fully saturated rings. The Morgan fingerprint density at radius 2 is 1.90 bits per heavy atom. The van der Waals surface area contributed by atoms with Gasteiger partial charge in [0.15, 0.2) is 5.96 Å². The molecule has 2 rings (SSSR count). The molecule has 0 saturated heterocycles. The van der Waals surface area contributed by atoms with Crippen LogP contribution in [0, 0.1) is 0 Å². The summed E-state index contributed by atoms with van der Waals surface area (Å²) in [6.45, 7) is -0.396. The number of nitrogens with two attached hydrogens (primary N) is 2. The van der Waals surface area contributed by atoms with Gasteiger partial charge < -0.3 is 37.1 Å². The van der Waals surface area contributed by atoms with E-state index in [1.807, 2.05) is 0 Å². The van der Waals surface area contributed by atoms with Crippen molar-refractivity contribution in [2.45, 2.75) is 12.8 Å². The lowest BCUT2D eigenvalue weighted by molar-refractivity contribution is -0.137. The molecule has 0 heterocycles. The van der Waals surface area contributed by atoms with E-state index in [1.165, 1.54) is 31.4 Å². The Kier molecular flexibility index (Phi) is 7.78. The second kappa shape index (κ2) is 10.5. The first-order chi connectivity index (χ1) is 14.7. The largest absolute Gasteiger partial charge is 0.505 e. The molecule has 0 spiro atoms. The van der Waals surface area contributed by atoms with E-state index < -0.39 is 24.3 Å². The van der Waals surface area contributed by atoms with Gasteiger partial charge >= 0.3 is 5.97 Å². The summed E-state index contributed by atoms with van der Waals surface area (Å²) in [4.78, 5) is 39.2. The van der Waals surface area contributed by atoms with Gasteiger partial charge in [0, 0.05) is 12.0 Å². The number of amides is 2. The zero-order chi connectivity index (χ0) is 23.0. The maximum atomic E-state index is 12.3. The molecule has 0 unspecified atom stereocenters. The Morgan fingerprint density at radius 3 is 2.55 bits per heavy atom. The average molecular weight is 429 g/mol. The molecule has 0 bridgehead atoms. The van der Waals surface area contributed by atoms with Gasteiger partial charge in [0.2, 0.25) is 5.91 Å². The number of benzene rings is 2. The number of phenols is 1. The molecule has 0 radical (unpaired) electrons. The van der Waals surface area contributed by atoms with Gasteiger partial charge in [0.1, 0.15) is 17.2 Å². The number of aliphatic imine (C=N–C) groups is 1. The van der Waals surface area contributed by atoms with Crippen LogP contribution in [0.3, 0.4) is 0 Å². The number of nitrogens with zero attached hydrogens (tertiary/aromatic N) is 1. The van der Waals surface area contributed by atoms with Gasteiger partial charge in [-0.25, -0.2) is 4.99 Å². The third kappa shape index (κ3) is 6.63. The molecule has 11 nitrogen and oxygen atoms in total. The maximum Gasteiger partial charge on any atom is 0.303 e. The number of aliphatic carboxylic acids is 1. The number of nitrogens with one attached hydrogen (secondary N) is 2. The number of anilines is 1. The van der Waals surface area contributed by atoms with E-state index in [4.69, 9.17) is 21.3 Å². The molecule has 31 heavy (non-hydrogen) atoms. The molecule has 0 atom stereocenters. The highest BCUT2D eigenvalue weighted by Gasteiger charge is 2.17. The fraction of sp³-hybridized carbons (Fsp3) is 0.200. The summed E-state index contributed by atoms with van der Waals surface area (Å²) >= 11 is 0. The fourth-order valence-corrected chi connectivity index (χ4v) is 2.66. The van der Waals surface area contributed by atoms with Crippen molar-refractivity contribution in [3.63, 3.8) is 0 Å². The molecular weight excluding hydrogens is 406 g/mol. The first-order valence-corrected chi connectivity index (χ1v) is 9.09. The van der Waals surface area contributed by atoms with Crippen LogP contribution in [0.2, 0.25) is 0 Å². The topological polar surface area (TPSA) is 189 Å². The molecule has 2 aromatic rings. The quantitative estimate of drug-likeness (QED) is 0.191. The predicted molar refractivity (Wildman–Crippen MR) is 113 cm³/mol. The first kappa shape index (κ1) is 23.0. The Balaban J connectivity index is 2.07. The van der Waals surface area contributed by atoms with Gasteiger partial charge in [-0.1, -0.05) is 12.1 Å². The Hall–Kier alpha value is -4.28. The lowest BCUT2D eigenvalue weighted by Gasteiger charge is -2.15. The zero-order valence-electron chi connectivity index (χ0n) is 16.7. The standard InChI is InChI=1S/C20H23N5O6/c1-31-14-7-5-11(6-8-16(27)28)18(29)17(14)25-15(26)10-23-19(30)12-3-2-4-13(9-12)24-20(21)22/h2-5,7,9,29H,6,8,10H2,1H3,(H,23,30)(H,25,26)(H,27,28)(H4,21,22,24). The minimum atomic E-state index is -1.02. The molecule has 0 aliphatic carbocycles. The lowest BCUT2D eigenvalue weighted by Crippen LogP contribution is -2.33. The van der Waals surface area contributed by atoms with Crippen molar-refractivity contribution in [3.05, 3.63) is 47.5 Å². The molecule has 164 valence electrons. The van der Waals surface area contributed by atoms with E-state index in [2.05, 4.69) is 15.6 Å². The Bertz CT molecular complexity index is 1020. The molecule has 2 amide bonds. The van der Waals surface area contributed by atoms with Gasteiger partial charge in [0.25, 0.3) is 5.91 Å². The van der Waals surface area contributed by atoms with Crippen molar-refractivity contribution in [2.75, 3.05) is 19.0 Å². The van der Waals surface area contributed by atoms with Gasteiger partial charge in [-0.15, -0.1) is 0 Å². The van der Waals surface area contributed by atoms with Gasteiger partial charge in [-0.3, -0.25) is 14.4 Å². The molecule has 11 heteroatoms. The fourth-order valence-electron chi connectivity index (χ4n) is 2.66. The van der Waals surface area contributed by atoms with Crippen LogP contribution in [0.4, 0.5) is 11.4 Å². The molecule has 0 saturated carbocycles. The maximum absolute atomic E-state index is 12.3. The highest BCUT2D eigenvalue weighted by molar-refractivity contribution is 6.01. The Morgan fingerprint density at radius 1 is 1.16 bits per heavy atom. The smallest absolute Gasteiger partial charge is 0.303 e. The Labute approximate surface area is 177 Å². The zero-order valence-corrected chi connectivity index (χ0v) is 16.7. The van der Waals surface area contributed by atoms with Crippen LogP contribution in [0.1, 0.15) is 22.3 Å². The SMILES string of the molecule is COc1ccc(CCC(=O)O)c(O)c1NC(=O)CNC(=O)c1cccc(N=C(N)N)c1. The van der Waals surface area contributed by atoms with Crippen LogP contribution in [-0.4, -0.2) is 47.6 Å². The highest BCUT2D eigenvalue weighted by Crippen LogP contribution is 2.37. The second-order valence-electron chi connectivity index (χ2n) is 6.36. The van der Waals surface area contributed by atoms with Crippen LogP contribution in [-0.2, 0) is 16.0 Å². The second-order valence-corrected chi connectivity index (χ2v) is 6.36. The van der Waals surface area contributed by atoms with Crippen molar-refractivity contribution in [1.82, 2.24) is 5.32 Å². The molecule has 0 aromatic heterocycles. The number of hydrogen-bond acceptors (Lipinski definition) is 6. The third-order valence-corrected chi connectivity index (χ3v) is 4.09. The van der Waals surface area contributed by atoms with E-state index >= 15 is 0 Å². The van der Waals surface area contributed by atoms with E-state index in [1.54, 1.807) is 12.1 Å². The number of ether oxygens (including phenoxy) is 1. The van der Waals surface area contributed by atoms with Gasteiger partial charge in [-0.05, 0) is 36.2 Å². The number of guanidine groups is 1. The minimum Gasteiger partial charge on any atom is -0.505 e. The van der Waals surface area contributed by atoms with E-state index in [-0.39, 0.29) is 41.6 Å². The summed E-state index contributed by atoms with van der Waals surface area (Å²) in [7, 11) is 1.35. The number of methoxy groups -OCH3 is 1. The van der Waals surface area contributed by atoms with E-state index in [9.17, 15) is 19.5 Å². The van der Waals surface area contributed by atoms with Crippen molar-refractivity contribution in [3.8, 4) is 11.5 Å². The molecule has 0 aliphatic heterocycles. The van der Waals surface area contributed by atoms with Gasteiger partial charge in [-0.2, -0.15) is 0 Å². The number of carbonyl (C=O) groups is 3. The summed E-state index contributed by atoms with van der Waals surface area (Å²) in [5.41, 5.74) is 11.6. The molecular formula is C20H23N5O6. The number of aromatic hydroxyl groups is 1. The normalized spacial score (nSPS) is 10.1.